The number of thiazole rings is 1. The van der Waals surface area contributed by atoms with Crippen molar-refractivity contribution in [3.63, 3.8) is 0 Å². The number of carbonyl (C=O) groups excluding carboxylic acids is 2. The predicted molar refractivity (Wildman–Crippen MR) is 113 cm³/mol. The van der Waals surface area contributed by atoms with Crippen LogP contribution in [0.4, 0.5) is 9.93 Å². The Kier molecular flexibility index (Phi) is 7.58. The van der Waals surface area contributed by atoms with E-state index in [2.05, 4.69) is 29.0 Å². The van der Waals surface area contributed by atoms with Gasteiger partial charge in [0.2, 0.25) is 0 Å². The summed E-state index contributed by atoms with van der Waals surface area (Å²) in [6.07, 6.45) is 11.9. The Bertz CT molecular complexity index is 598. The summed E-state index contributed by atoms with van der Waals surface area (Å²) >= 11 is 2.90. The maximum Gasteiger partial charge on any atom is 0.324 e. The van der Waals surface area contributed by atoms with E-state index >= 15 is 0 Å². The third-order valence-corrected chi connectivity index (χ3v) is 7.99. The van der Waals surface area contributed by atoms with Crippen LogP contribution >= 0.6 is 23.1 Å². The van der Waals surface area contributed by atoms with Crippen molar-refractivity contribution in [3.8, 4) is 0 Å². The molecule has 1 N–H and O–H groups in total. The number of anilines is 1. The molecule has 2 aliphatic rings. The average molecular weight is 410 g/mol. The fourth-order valence-corrected chi connectivity index (χ4v) is 5.90. The van der Waals surface area contributed by atoms with Gasteiger partial charge < -0.3 is 9.69 Å². The first-order chi connectivity index (χ1) is 13.1. The van der Waals surface area contributed by atoms with Crippen molar-refractivity contribution < 1.29 is 9.59 Å². The van der Waals surface area contributed by atoms with Crippen LogP contribution in [-0.2, 0) is 4.79 Å². The third-order valence-electron chi connectivity index (χ3n) is 5.98. The molecule has 2 amide bonds. The predicted octanol–water partition coefficient (Wildman–Crippen LogP) is 5.43. The average Bonchev–Trinajstić information content (AvgIpc) is 3.10. The largest absolute Gasteiger partial charge is 0.324 e. The molecule has 0 bridgehead atoms. The zero-order chi connectivity index (χ0) is 19.2. The molecule has 2 fully saturated rings. The molecule has 2 saturated carbocycles. The summed E-state index contributed by atoms with van der Waals surface area (Å²) in [5.74, 6) is 1.96. The first-order valence-electron chi connectivity index (χ1n) is 10.2. The van der Waals surface area contributed by atoms with Crippen molar-refractivity contribution in [2.24, 2.45) is 11.8 Å². The molecule has 1 heterocycles. The lowest BCUT2D eigenvalue weighted by Crippen LogP contribution is -2.51. The van der Waals surface area contributed by atoms with Crippen LogP contribution in [0.1, 0.15) is 65.2 Å². The molecule has 0 aliphatic heterocycles. The van der Waals surface area contributed by atoms with Crippen LogP contribution in [0.5, 0.6) is 0 Å². The second-order valence-electron chi connectivity index (χ2n) is 8.13. The Labute approximate surface area is 170 Å². The van der Waals surface area contributed by atoms with Crippen molar-refractivity contribution in [2.75, 3.05) is 11.1 Å². The van der Waals surface area contributed by atoms with E-state index < -0.39 is 0 Å². The molecule has 0 radical (unpaired) electrons. The number of nitrogens with one attached hydrogen (secondary N) is 1. The normalized spacial score (nSPS) is 28.5. The molecule has 2 aliphatic carbocycles. The van der Waals surface area contributed by atoms with E-state index in [9.17, 15) is 9.59 Å². The van der Waals surface area contributed by atoms with E-state index in [1.165, 1.54) is 48.8 Å². The molecule has 0 saturated heterocycles. The molecule has 150 valence electrons. The lowest BCUT2D eigenvalue weighted by molar-refractivity contribution is -0.105. The zero-order valence-electron chi connectivity index (χ0n) is 16.4. The molecule has 0 atom stereocenters. The first kappa shape index (κ1) is 20.6. The number of amides is 2. The van der Waals surface area contributed by atoms with Crippen LogP contribution in [0.25, 0.3) is 0 Å². The molecule has 5 nitrogen and oxygen atoms in total. The Morgan fingerprint density at radius 3 is 2.22 bits per heavy atom. The first-order valence-corrected chi connectivity index (χ1v) is 12.0. The minimum Gasteiger partial charge on any atom is -0.319 e. The molecule has 1 aromatic rings. The standard InChI is InChI=1S/C20H31N3O2S2/c1-14-3-7-16(8-4-14)23(17-9-5-15(2)6-10-17)20(25)22-19-21-13-18(27-19)26-12-11-24/h11,13-17H,3-10,12H2,1-2H3,(H,21,22,25). The highest BCUT2D eigenvalue weighted by Gasteiger charge is 2.34. The van der Waals surface area contributed by atoms with Crippen molar-refractivity contribution in [1.82, 2.24) is 9.88 Å². The van der Waals surface area contributed by atoms with Crippen molar-refractivity contribution in [3.05, 3.63) is 6.20 Å². The monoisotopic (exact) mass is 409 g/mol. The number of hydrogen-bond donors (Lipinski definition) is 1. The number of urea groups is 1. The summed E-state index contributed by atoms with van der Waals surface area (Å²) in [6, 6.07) is 0.711. The van der Waals surface area contributed by atoms with E-state index in [4.69, 9.17) is 0 Å². The van der Waals surface area contributed by atoms with Gasteiger partial charge in [0.1, 0.15) is 6.29 Å². The summed E-state index contributed by atoms with van der Waals surface area (Å²) in [7, 11) is 0. The van der Waals surface area contributed by atoms with Gasteiger partial charge >= 0.3 is 6.03 Å². The lowest BCUT2D eigenvalue weighted by Gasteiger charge is -2.43. The summed E-state index contributed by atoms with van der Waals surface area (Å²) < 4.78 is 0.960. The number of rotatable bonds is 6. The second-order valence-corrected chi connectivity index (χ2v) is 10.5. The van der Waals surface area contributed by atoms with Gasteiger partial charge in [-0.3, -0.25) is 5.32 Å². The lowest BCUT2D eigenvalue weighted by atomic mass is 9.82. The number of carbonyl (C=O) groups is 2. The van der Waals surface area contributed by atoms with Crippen LogP contribution in [0.2, 0.25) is 0 Å². The Balaban J connectivity index is 1.68. The highest BCUT2D eigenvalue weighted by molar-refractivity contribution is 8.01. The van der Waals surface area contributed by atoms with Crippen molar-refractivity contribution in [2.45, 2.75) is 81.5 Å². The summed E-state index contributed by atoms with van der Waals surface area (Å²) in [5.41, 5.74) is 0. The highest BCUT2D eigenvalue weighted by atomic mass is 32.2. The number of aldehydes is 1. The number of hydrogen-bond acceptors (Lipinski definition) is 5. The van der Waals surface area contributed by atoms with Gasteiger partial charge in [-0.05, 0) is 63.2 Å². The Morgan fingerprint density at radius 2 is 1.70 bits per heavy atom. The van der Waals surface area contributed by atoms with Gasteiger partial charge in [-0.25, -0.2) is 9.78 Å². The van der Waals surface area contributed by atoms with Gasteiger partial charge in [0.15, 0.2) is 5.13 Å². The molecular weight excluding hydrogens is 378 g/mol. The van der Waals surface area contributed by atoms with Gasteiger partial charge in [-0.1, -0.05) is 25.2 Å². The Morgan fingerprint density at radius 1 is 1.15 bits per heavy atom. The topological polar surface area (TPSA) is 62.3 Å². The van der Waals surface area contributed by atoms with Crippen LogP contribution in [0.15, 0.2) is 10.4 Å². The second kappa shape index (κ2) is 9.92. The highest BCUT2D eigenvalue weighted by Crippen LogP contribution is 2.35. The molecular formula is C20H31N3O2S2. The molecule has 0 aromatic carbocycles. The van der Waals surface area contributed by atoms with Gasteiger partial charge in [0.25, 0.3) is 0 Å². The minimum absolute atomic E-state index is 0.00962. The molecule has 7 heteroatoms. The van der Waals surface area contributed by atoms with Gasteiger partial charge in [0.05, 0.1) is 16.2 Å². The minimum atomic E-state index is 0.00962. The number of thioether (sulfide) groups is 1. The molecule has 3 rings (SSSR count). The molecule has 27 heavy (non-hydrogen) atoms. The molecule has 0 spiro atoms. The smallest absolute Gasteiger partial charge is 0.319 e. The summed E-state index contributed by atoms with van der Waals surface area (Å²) in [5, 5.41) is 3.68. The van der Waals surface area contributed by atoms with Gasteiger partial charge in [-0.2, -0.15) is 0 Å². The maximum atomic E-state index is 13.2. The fourth-order valence-electron chi connectivity index (χ4n) is 4.33. The van der Waals surface area contributed by atoms with Crippen molar-refractivity contribution >= 4 is 40.5 Å². The van der Waals surface area contributed by atoms with Crippen LogP contribution in [0, 0.1) is 11.8 Å². The number of nitrogens with zero attached hydrogens (tertiary/aromatic N) is 2. The van der Waals surface area contributed by atoms with E-state index in [1.54, 1.807) is 6.20 Å². The van der Waals surface area contributed by atoms with Crippen molar-refractivity contribution in [1.29, 1.82) is 0 Å². The maximum absolute atomic E-state index is 13.2. The van der Waals surface area contributed by atoms with E-state index in [1.807, 2.05) is 0 Å². The van der Waals surface area contributed by atoms with Gasteiger partial charge in [0, 0.05) is 12.1 Å². The van der Waals surface area contributed by atoms with E-state index in [0.717, 1.165) is 48.0 Å². The van der Waals surface area contributed by atoms with Crippen LogP contribution in [0.3, 0.4) is 0 Å². The molecule has 0 unspecified atom stereocenters. The van der Waals surface area contributed by atoms with E-state index in [-0.39, 0.29) is 6.03 Å². The fraction of sp³-hybridized carbons (Fsp3) is 0.750. The van der Waals surface area contributed by atoms with E-state index in [0.29, 0.717) is 23.0 Å². The SMILES string of the molecule is CC1CCC(N(C(=O)Nc2ncc(SCC=O)s2)C2CCC(C)CC2)CC1. The van der Waals surface area contributed by atoms with Crippen LogP contribution in [-0.4, -0.2) is 40.0 Å². The van der Waals surface area contributed by atoms with Gasteiger partial charge in [-0.15, -0.1) is 11.8 Å². The quantitative estimate of drug-likeness (QED) is 0.503. The summed E-state index contributed by atoms with van der Waals surface area (Å²) in [6.45, 7) is 4.63. The Hall–Kier alpha value is -1.08. The number of aromatic nitrogens is 1. The molecule has 1 aromatic heterocycles. The zero-order valence-corrected chi connectivity index (χ0v) is 18.0. The third kappa shape index (κ3) is 5.70. The summed E-state index contributed by atoms with van der Waals surface area (Å²) in [4.78, 5) is 30.2. The van der Waals surface area contributed by atoms with Crippen LogP contribution < -0.4 is 5.32 Å².